The molecule has 0 spiro atoms. The summed E-state index contributed by atoms with van der Waals surface area (Å²) in [5.41, 5.74) is 2.95. The van der Waals surface area contributed by atoms with E-state index < -0.39 is 0 Å². The summed E-state index contributed by atoms with van der Waals surface area (Å²) < 4.78 is 2.38. The molecule has 0 fully saturated rings. The fourth-order valence-corrected chi connectivity index (χ4v) is 3.13. The van der Waals surface area contributed by atoms with Crippen molar-refractivity contribution in [1.82, 2.24) is 15.1 Å². The smallest absolute Gasteiger partial charge is 0.190 e. The van der Waals surface area contributed by atoms with Crippen molar-refractivity contribution in [1.29, 1.82) is 0 Å². The van der Waals surface area contributed by atoms with Crippen molar-refractivity contribution < 1.29 is 4.79 Å². The molecule has 1 aliphatic rings. The van der Waals surface area contributed by atoms with E-state index in [1.807, 2.05) is 18.2 Å². The lowest BCUT2D eigenvalue weighted by atomic mass is 9.86. The van der Waals surface area contributed by atoms with E-state index >= 15 is 0 Å². The minimum absolute atomic E-state index is 0.103. The molecule has 1 aromatic carbocycles. The highest BCUT2D eigenvalue weighted by Gasteiger charge is 2.29. The van der Waals surface area contributed by atoms with Gasteiger partial charge in [0.1, 0.15) is 5.69 Å². The van der Waals surface area contributed by atoms with Gasteiger partial charge in [0.15, 0.2) is 5.78 Å². The third kappa shape index (κ3) is 2.13. The predicted molar refractivity (Wildman–Crippen MR) is 76.1 cm³/mol. The van der Waals surface area contributed by atoms with Gasteiger partial charge in [-0.2, -0.15) is 5.10 Å². The number of nitrogens with one attached hydrogen (secondary N) is 1. The van der Waals surface area contributed by atoms with E-state index in [2.05, 4.69) is 32.4 Å². The number of benzene rings is 1. The van der Waals surface area contributed by atoms with Gasteiger partial charge in [-0.1, -0.05) is 24.3 Å². The molecule has 1 atom stereocenters. The van der Waals surface area contributed by atoms with E-state index in [-0.39, 0.29) is 11.7 Å². The van der Waals surface area contributed by atoms with Crippen LogP contribution in [0, 0.1) is 0 Å². The summed E-state index contributed by atoms with van der Waals surface area (Å²) in [4.78, 5) is 12.7. The van der Waals surface area contributed by atoms with Crippen LogP contribution in [0.5, 0.6) is 0 Å². The van der Waals surface area contributed by atoms with E-state index in [1.54, 1.807) is 17.9 Å². The first-order chi connectivity index (χ1) is 9.18. The SMILES string of the molecule is Cn1ncc(Br)c1C(=O)C1CNCc2ccccc21. The van der Waals surface area contributed by atoms with Gasteiger partial charge in [-0.25, -0.2) is 0 Å². The molecule has 3 rings (SSSR count). The number of Topliss-reactive ketones (excluding diaryl/α,β-unsaturated/α-hetero) is 1. The largest absolute Gasteiger partial charge is 0.312 e. The molecule has 19 heavy (non-hydrogen) atoms. The van der Waals surface area contributed by atoms with Crippen LogP contribution in [0.1, 0.15) is 27.5 Å². The molecular formula is C14H14BrN3O. The molecule has 2 heterocycles. The van der Waals surface area contributed by atoms with E-state index in [4.69, 9.17) is 0 Å². The van der Waals surface area contributed by atoms with Gasteiger partial charge in [-0.3, -0.25) is 9.48 Å². The maximum atomic E-state index is 12.7. The lowest BCUT2D eigenvalue weighted by molar-refractivity contribution is 0.0945. The molecule has 98 valence electrons. The zero-order valence-corrected chi connectivity index (χ0v) is 12.1. The van der Waals surface area contributed by atoms with Gasteiger partial charge in [0, 0.05) is 20.1 Å². The fraction of sp³-hybridized carbons (Fsp3) is 0.286. The highest BCUT2D eigenvalue weighted by Crippen LogP contribution is 2.29. The number of ketones is 1. The topological polar surface area (TPSA) is 46.9 Å². The highest BCUT2D eigenvalue weighted by molar-refractivity contribution is 9.10. The first kappa shape index (κ1) is 12.6. The first-order valence-electron chi connectivity index (χ1n) is 6.18. The molecule has 0 bridgehead atoms. The second-order valence-electron chi connectivity index (χ2n) is 4.71. The van der Waals surface area contributed by atoms with Gasteiger partial charge in [0.05, 0.1) is 16.6 Å². The molecule has 0 saturated carbocycles. The monoisotopic (exact) mass is 319 g/mol. The summed E-state index contributed by atoms with van der Waals surface area (Å²) in [5.74, 6) is -0.0387. The van der Waals surface area contributed by atoms with Gasteiger partial charge in [-0.15, -0.1) is 0 Å². The molecule has 1 aromatic heterocycles. The molecular weight excluding hydrogens is 306 g/mol. The van der Waals surface area contributed by atoms with Crippen LogP contribution >= 0.6 is 15.9 Å². The number of halogens is 1. The first-order valence-corrected chi connectivity index (χ1v) is 6.98. The van der Waals surface area contributed by atoms with Crippen molar-refractivity contribution >= 4 is 21.7 Å². The van der Waals surface area contributed by atoms with Gasteiger partial charge in [0.25, 0.3) is 0 Å². The third-order valence-electron chi connectivity index (χ3n) is 3.54. The Balaban J connectivity index is 2.03. The molecule has 0 amide bonds. The van der Waals surface area contributed by atoms with E-state index in [9.17, 15) is 4.79 Å². The Morgan fingerprint density at radius 3 is 3.00 bits per heavy atom. The van der Waals surface area contributed by atoms with Crippen LogP contribution in [0.15, 0.2) is 34.9 Å². The number of fused-ring (bicyclic) bond motifs is 1. The van der Waals surface area contributed by atoms with Gasteiger partial charge >= 0.3 is 0 Å². The van der Waals surface area contributed by atoms with Crippen LogP contribution in [0.25, 0.3) is 0 Å². The summed E-state index contributed by atoms with van der Waals surface area (Å²) in [6, 6.07) is 8.11. The predicted octanol–water partition coefficient (Wildman–Crippen LogP) is 2.25. The summed E-state index contributed by atoms with van der Waals surface area (Å²) in [5, 5.41) is 7.42. The standard InChI is InChI=1S/C14H14BrN3O/c1-18-13(12(15)8-17-18)14(19)11-7-16-6-9-4-2-3-5-10(9)11/h2-5,8,11,16H,6-7H2,1H3. The average Bonchev–Trinajstić information content (AvgIpc) is 2.77. The molecule has 5 heteroatoms. The lowest BCUT2D eigenvalue weighted by Crippen LogP contribution is -2.33. The zero-order chi connectivity index (χ0) is 13.4. The van der Waals surface area contributed by atoms with Crippen LogP contribution in [0.3, 0.4) is 0 Å². The van der Waals surface area contributed by atoms with Gasteiger partial charge in [-0.05, 0) is 27.1 Å². The van der Waals surface area contributed by atoms with Crippen LogP contribution in [-0.2, 0) is 13.6 Å². The number of hydrogen-bond donors (Lipinski definition) is 1. The normalized spacial score (nSPS) is 18.1. The highest BCUT2D eigenvalue weighted by atomic mass is 79.9. The molecule has 1 unspecified atom stereocenters. The van der Waals surface area contributed by atoms with Crippen molar-refractivity contribution in [3.05, 3.63) is 51.8 Å². The maximum absolute atomic E-state index is 12.7. The van der Waals surface area contributed by atoms with E-state index in [1.165, 1.54) is 5.56 Å². The summed E-state index contributed by atoms with van der Waals surface area (Å²) in [6.45, 7) is 1.50. The van der Waals surface area contributed by atoms with Crippen LogP contribution in [0.2, 0.25) is 0 Å². The van der Waals surface area contributed by atoms with Crippen molar-refractivity contribution in [3.63, 3.8) is 0 Å². The number of nitrogens with zero attached hydrogens (tertiary/aromatic N) is 2. The number of carbonyl (C=O) groups is 1. The van der Waals surface area contributed by atoms with E-state index in [0.29, 0.717) is 12.2 Å². The maximum Gasteiger partial charge on any atom is 0.190 e. The van der Waals surface area contributed by atoms with Crippen molar-refractivity contribution in [2.45, 2.75) is 12.5 Å². The Bertz CT molecular complexity index is 616. The Kier molecular flexibility index (Phi) is 3.24. The number of aromatic nitrogens is 2. The number of hydrogen-bond acceptors (Lipinski definition) is 3. The molecule has 0 aliphatic carbocycles. The average molecular weight is 320 g/mol. The summed E-state index contributed by atoms with van der Waals surface area (Å²) in [7, 11) is 1.79. The number of carbonyl (C=O) groups excluding carboxylic acids is 1. The minimum Gasteiger partial charge on any atom is -0.312 e. The second-order valence-corrected chi connectivity index (χ2v) is 5.57. The third-order valence-corrected chi connectivity index (χ3v) is 4.12. The van der Waals surface area contributed by atoms with Crippen molar-refractivity contribution in [3.8, 4) is 0 Å². The molecule has 1 aliphatic heterocycles. The minimum atomic E-state index is -0.142. The lowest BCUT2D eigenvalue weighted by Gasteiger charge is -2.25. The Morgan fingerprint density at radius 1 is 1.47 bits per heavy atom. The number of rotatable bonds is 2. The van der Waals surface area contributed by atoms with Gasteiger partial charge < -0.3 is 5.32 Å². The number of aryl methyl sites for hydroxylation is 1. The fourth-order valence-electron chi connectivity index (χ4n) is 2.58. The van der Waals surface area contributed by atoms with Crippen LogP contribution in [-0.4, -0.2) is 22.1 Å². The zero-order valence-electron chi connectivity index (χ0n) is 10.6. The summed E-state index contributed by atoms with van der Waals surface area (Å²) in [6.07, 6.45) is 1.66. The molecule has 0 saturated heterocycles. The van der Waals surface area contributed by atoms with Crippen LogP contribution in [0.4, 0.5) is 0 Å². The Morgan fingerprint density at radius 2 is 2.26 bits per heavy atom. The van der Waals surface area contributed by atoms with Crippen molar-refractivity contribution in [2.75, 3.05) is 6.54 Å². The summed E-state index contributed by atoms with van der Waals surface area (Å²) >= 11 is 3.40. The molecule has 4 nitrogen and oxygen atoms in total. The molecule has 1 N–H and O–H groups in total. The quantitative estimate of drug-likeness (QED) is 0.864. The second kappa shape index (κ2) is 4.90. The Labute approximate surface area is 119 Å². The van der Waals surface area contributed by atoms with Gasteiger partial charge in [0.2, 0.25) is 0 Å². The molecule has 2 aromatic rings. The Hall–Kier alpha value is -1.46. The van der Waals surface area contributed by atoms with Crippen molar-refractivity contribution in [2.24, 2.45) is 7.05 Å². The van der Waals surface area contributed by atoms with Crippen LogP contribution < -0.4 is 5.32 Å². The van der Waals surface area contributed by atoms with E-state index in [0.717, 1.165) is 16.6 Å². The molecule has 0 radical (unpaired) electrons.